The fourth-order valence-corrected chi connectivity index (χ4v) is 4.68. The molecule has 2 aromatic rings. The number of halogens is 4. The van der Waals surface area contributed by atoms with Crippen LogP contribution in [0.2, 0.25) is 5.02 Å². The van der Waals surface area contributed by atoms with Gasteiger partial charge in [0.15, 0.2) is 5.82 Å². The van der Waals surface area contributed by atoms with Crippen molar-refractivity contribution < 1.29 is 17.9 Å². The summed E-state index contributed by atoms with van der Waals surface area (Å²) in [5.74, 6) is -2.19. The molecule has 1 aliphatic heterocycles. The zero-order valence-corrected chi connectivity index (χ0v) is 18.6. The van der Waals surface area contributed by atoms with Gasteiger partial charge < -0.3 is 19.3 Å². The highest BCUT2D eigenvalue weighted by atomic mass is 35.5. The fourth-order valence-electron chi connectivity index (χ4n) is 3.68. The van der Waals surface area contributed by atoms with Crippen LogP contribution in [0.1, 0.15) is 13.3 Å². The van der Waals surface area contributed by atoms with E-state index in [0.717, 1.165) is 6.42 Å². The van der Waals surface area contributed by atoms with Gasteiger partial charge in [0.1, 0.15) is 21.6 Å². The maximum absolute atomic E-state index is 14.9. The Hall–Kier alpha value is -1.68. The van der Waals surface area contributed by atoms with Crippen molar-refractivity contribution >= 4 is 35.1 Å². The molecular weight excluding hydrogens is 437 g/mol. The summed E-state index contributed by atoms with van der Waals surface area (Å²) in [6.45, 7) is 4.23. The van der Waals surface area contributed by atoms with Crippen LogP contribution in [0.4, 0.5) is 24.7 Å². The van der Waals surface area contributed by atoms with Crippen molar-refractivity contribution in [3.8, 4) is 0 Å². The van der Waals surface area contributed by atoms with Crippen LogP contribution < -0.4 is 9.62 Å². The number of benzene rings is 1. The summed E-state index contributed by atoms with van der Waals surface area (Å²) in [5, 5.41) is -0.162. The molecule has 0 amide bonds. The van der Waals surface area contributed by atoms with Gasteiger partial charge in [0.2, 0.25) is 5.95 Å². The smallest absolute Gasteiger partial charge is 0.214 e. The number of pyridine rings is 1. The van der Waals surface area contributed by atoms with Crippen LogP contribution in [0.15, 0.2) is 29.2 Å². The third-order valence-corrected chi connectivity index (χ3v) is 6.03. The Morgan fingerprint density at radius 3 is 2.77 bits per heavy atom. The third-order valence-electron chi connectivity index (χ3n) is 4.78. The van der Waals surface area contributed by atoms with Crippen molar-refractivity contribution in [2.24, 2.45) is 0 Å². The Morgan fingerprint density at radius 1 is 1.33 bits per heavy atom. The Kier molecular flexibility index (Phi) is 7.38. The van der Waals surface area contributed by atoms with Crippen molar-refractivity contribution in [2.75, 3.05) is 50.0 Å². The molecule has 1 aromatic heterocycles. The summed E-state index contributed by atoms with van der Waals surface area (Å²) in [7, 11) is 3.92. The van der Waals surface area contributed by atoms with Gasteiger partial charge in [-0.15, -0.1) is 0 Å². The zero-order chi connectivity index (χ0) is 21.9. The van der Waals surface area contributed by atoms with E-state index in [1.54, 1.807) is 0 Å². The Bertz CT molecular complexity index is 905. The Balaban J connectivity index is 1.80. The largest absolute Gasteiger partial charge is 0.372 e. The minimum atomic E-state index is -0.873. The van der Waals surface area contributed by atoms with E-state index < -0.39 is 23.2 Å². The number of rotatable bonds is 8. The monoisotopic (exact) mass is 460 g/mol. The van der Waals surface area contributed by atoms with Crippen LogP contribution in [0.25, 0.3) is 0 Å². The summed E-state index contributed by atoms with van der Waals surface area (Å²) in [4.78, 5) is 7.18. The minimum Gasteiger partial charge on any atom is -0.372 e. The molecule has 1 unspecified atom stereocenters. The van der Waals surface area contributed by atoms with E-state index in [9.17, 15) is 13.2 Å². The molecule has 5 nitrogen and oxygen atoms in total. The molecule has 0 spiro atoms. The van der Waals surface area contributed by atoms with E-state index in [2.05, 4.69) is 9.71 Å². The fraction of sp³-hybridized carbons (Fsp3) is 0.450. The first-order valence-electron chi connectivity index (χ1n) is 9.51. The van der Waals surface area contributed by atoms with Gasteiger partial charge in [0, 0.05) is 32.3 Å². The standard InChI is InChI=1S/C20H24ClF3N4OS/c1-4-29-20(11-27(2)3)8-9-28(12-20)14-10-13(22)19(18(24)17(14)21)30-26-16-7-5-6-15(23)25-16/h5-7,10H,4,8-9,11-12H2,1-3H3,(H,25,26). The van der Waals surface area contributed by atoms with Gasteiger partial charge in [0.25, 0.3) is 0 Å². The third kappa shape index (κ3) is 5.14. The molecule has 1 N–H and O–H groups in total. The zero-order valence-electron chi connectivity index (χ0n) is 17.0. The molecule has 1 atom stereocenters. The van der Waals surface area contributed by atoms with Gasteiger partial charge in [-0.2, -0.15) is 4.39 Å². The molecule has 0 aliphatic carbocycles. The van der Waals surface area contributed by atoms with Crippen molar-refractivity contribution in [1.82, 2.24) is 9.88 Å². The van der Waals surface area contributed by atoms with E-state index in [4.69, 9.17) is 16.3 Å². The molecule has 0 radical (unpaired) electrons. The first-order valence-corrected chi connectivity index (χ1v) is 10.7. The van der Waals surface area contributed by atoms with Gasteiger partial charge in [-0.1, -0.05) is 17.7 Å². The lowest BCUT2D eigenvalue weighted by Crippen LogP contribution is -2.45. The number of ether oxygens (including phenoxy) is 1. The molecule has 0 bridgehead atoms. The molecule has 0 saturated carbocycles. The normalized spacial score (nSPS) is 19.0. The number of aromatic nitrogens is 1. The highest BCUT2D eigenvalue weighted by Crippen LogP contribution is 2.40. The number of hydrogen-bond acceptors (Lipinski definition) is 6. The van der Waals surface area contributed by atoms with E-state index in [0.29, 0.717) is 43.9 Å². The molecule has 3 rings (SSSR count). The summed E-state index contributed by atoms with van der Waals surface area (Å²) in [6.07, 6.45) is 0.724. The lowest BCUT2D eigenvalue weighted by molar-refractivity contribution is -0.0375. The SMILES string of the molecule is CCOC1(CN(C)C)CCN(c2cc(F)c(SNc3cccc(F)n3)c(F)c2Cl)C1. The predicted molar refractivity (Wildman–Crippen MR) is 115 cm³/mol. The second-order valence-corrected chi connectivity index (χ2v) is 8.60. The van der Waals surface area contributed by atoms with Crippen LogP contribution in [-0.2, 0) is 4.74 Å². The molecule has 164 valence electrons. The van der Waals surface area contributed by atoms with Crippen LogP contribution >= 0.6 is 23.5 Å². The number of nitrogens with zero attached hydrogens (tertiary/aromatic N) is 3. The van der Waals surface area contributed by atoms with E-state index in [1.165, 1.54) is 24.3 Å². The first kappa shape index (κ1) is 23.0. The summed E-state index contributed by atoms with van der Waals surface area (Å²) < 4.78 is 51.5. The lowest BCUT2D eigenvalue weighted by atomic mass is 10.0. The summed E-state index contributed by atoms with van der Waals surface area (Å²) in [6, 6.07) is 5.34. The van der Waals surface area contributed by atoms with Crippen LogP contribution in [0, 0.1) is 17.6 Å². The molecule has 1 fully saturated rings. The average molecular weight is 461 g/mol. The first-order chi connectivity index (χ1) is 14.2. The van der Waals surface area contributed by atoms with Gasteiger partial charge in [0.05, 0.1) is 11.3 Å². The maximum Gasteiger partial charge on any atom is 0.214 e. The van der Waals surface area contributed by atoms with Crippen molar-refractivity contribution in [2.45, 2.75) is 23.8 Å². The van der Waals surface area contributed by atoms with E-state index in [-0.39, 0.29) is 15.7 Å². The van der Waals surface area contributed by atoms with Gasteiger partial charge in [-0.3, -0.25) is 0 Å². The highest BCUT2D eigenvalue weighted by Gasteiger charge is 2.40. The molecule has 1 aliphatic rings. The molecular formula is C20H24ClF3N4OS. The molecule has 30 heavy (non-hydrogen) atoms. The van der Waals surface area contributed by atoms with Crippen molar-refractivity contribution in [3.63, 3.8) is 0 Å². The lowest BCUT2D eigenvalue weighted by Gasteiger charge is -2.32. The Labute approximate surface area is 183 Å². The van der Waals surface area contributed by atoms with Crippen LogP contribution in [0.3, 0.4) is 0 Å². The Morgan fingerprint density at radius 2 is 2.10 bits per heavy atom. The predicted octanol–water partition coefficient (Wildman–Crippen LogP) is 4.82. The number of anilines is 2. The van der Waals surface area contributed by atoms with E-state index >= 15 is 0 Å². The van der Waals surface area contributed by atoms with Crippen LogP contribution in [0.5, 0.6) is 0 Å². The summed E-state index contributed by atoms with van der Waals surface area (Å²) in [5.41, 5.74) is -0.132. The minimum absolute atomic E-state index is 0.142. The van der Waals surface area contributed by atoms with Gasteiger partial charge in [-0.25, -0.2) is 13.8 Å². The van der Waals surface area contributed by atoms with Gasteiger partial charge in [-0.05, 0) is 51.5 Å². The highest BCUT2D eigenvalue weighted by molar-refractivity contribution is 8.00. The maximum atomic E-state index is 14.9. The van der Waals surface area contributed by atoms with Crippen molar-refractivity contribution in [3.05, 3.63) is 46.9 Å². The second kappa shape index (κ2) is 9.64. The molecule has 10 heteroatoms. The molecule has 1 saturated heterocycles. The van der Waals surface area contributed by atoms with Gasteiger partial charge >= 0.3 is 0 Å². The number of hydrogen-bond donors (Lipinski definition) is 1. The second-order valence-electron chi connectivity index (χ2n) is 7.41. The number of likely N-dealkylation sites (N-methyl/N-ethyl adjacent to an activating group) is 1. The van der Waals surface area contributed by atoms with Crippen molar-refractivity contribution in [1.29, 1.82) is 0 Å². The topological polar surface area (TPSA) is 40.6 Å². The van der Waals surface area contributed by atoms with E-state index in [1.807, 2.05) is 30.8 Å². The average Bonchev–Trinajstić information content (AvgIpc) is 3.07. The van der Waals surface area contributed by atoms with Crippen LogP contribution in [-0.4, -0.2) is 55.8 Å². The summed E-state index contributed by atoms with van der Waals surface area (Å²) >= 11 is 6.94. The molecule has 1 aromatic carbocycles. The quantitative estimate of drug-likeness (QED) is 0.346. The molecule has 2 heterocycles. The number of nitrogens with one attached hydrogen (secondary N) is 1.